The van der Waals surface area contributed by atoms with Crippen LogP contribution in [0.1, 0.15) is 19.4 Å². The Labute approximate surface area is 151 Å². The van der Waals surface area contributed by atoms with E-state index in [-0.39, 0.29) is 24.5 Å². The molecule has 2 aliphatic rings. The molecule has 7 heteroatoms. The van der Waals surface area contributed by atoms with Crippen LogP contribution in [0.4, 0.5) is 0 Å². The second-order valence-corrected chi connectivity index (χ2v) is 6.78. The van der Waals surface area contributed by atoms with E-state index in [1.807, 2.05) is 18.7 Å². The van der Waals surface area contributed by atoms with E-state index >= 15 is 0 Å². The molecule has 0 unspecified atom stereocenters. The molecule has 1 aromatic rings. The van der Waals surface area contributed by atoms with E-state index in [0.29, 0.717) is 42.7 Å². The summed E-state index contributed by atoms with van der Waals surface area (Å²) >= 11 is 6.14. The van der Waals surface area contributed by atoms with Crippen LogP contribution >= 0.6 is 11.6 Å². The number of amides is 2. The van der Waals surface area contributed by atoms with Gasteiger partial charge in [0.15, 0.2) is 11.5 Å². The van der Waals surface area contributed by atoms with E-state index in [9.17, 15) is 9.59 Å². The molecule has 1 fully saturated rings. The van der Waals surface area contributed by atoms with Gasteiger partial charge in [-0.25, -0.2) is 0 Å². The largest absolute Gasteiger partial charge is 0.454 e. The SMILES string of the molecule is CC(C)C(=O)N1CCN(C(=O)/C=C/c2cc(Cl)c3c(c2)OCO3)CC1. The predicted octanol–water partition coefficient (Wildman–Crippen LogP) is 2.41. The number of benzene rings is 1. The van der Waals surface area contributed by atoms with Crippen molar-refractivity contribution in [3.05, 3.63) is 28.8 Å². The fraction of sp³-hybridized carbons (Fsp3) is 0.444. The number of hydrogen-bond donors (Lipinski definition) is 0. The molecule has 134 valence electrons. The van der Waals surface area contributed by atoms with Gasteiger partial charge in [-0.3, -0.25) is 9.59 Å². The average Bonchev–Trinajstić information content (AvgIpc) is 3.08. The van der Waals surface area contributed by atoms with E-state index in [0.717, 1.165) is 5.56 Å². The van der Waals surface area contributed by atoms with Crippen LogP contribution in [-0.2, 0) is 9.59 Å². The number of carbonyl (C=O) groups excluding carboxylic acids is 2. The van der Waals surface area contributed by atoms with Crippen molar-refractivity contribution in [1.82, 2.24) is 9.80 Å². The Hall–Kier alpha value is -2.21. The molecule has 0 aliphatic carbocycles. The number of piperazine rings is 1. The van der Waals surface area contributed by atoms with Crippen LogP contribution in [-0.4, -0.2) is 54.6 Å². The summed E-state index contributed by atoms with van der Waals surface area (Å²) < 4.78 is 10.6. The number of rotatable bonds is 3. The summed E-state index contributed by atoms with van der Waals surface area (Å²) in [5.41, 5.74) is 0.774. The van der Waals surface area contributed by atoms with Crippen molar-refractivity contribution in [2.75, 3.05) is 33.0 Å². The summed E-state index contributed by atoms with van der Waals surface area (Å²) in [7, 11) is 0. The molecule has 3 rings (SSSR count). The fourth-order valence-corrected chi connectivity index (χ4v) is 3.14. The highest BCUT2D eigenvalue weighted by Gasteiger charge is 2.24. The highest BCUT2D eigenvalue weighted by molar-refractivity contribution is 6.32. The van der Waals surface area contributed by atoms with E-state index in [1.165, 1.54) is 6.08 Å². The second-order valence-electron chi connectivity index (χ2n) is 6.38. The molecule has 6 nitrogen and oxygen atoms in total. The van der Waals surface area contributed by atoms with Crippen LogP contribution in [0.5, 0.6) is 11.5 Å². The number of halogens is 1. The number of fused-ring (bicyclic) bond motifs is 1. The van der Waals surface area contributed by atoms with Gasteiger partial charge in [0.2, 0.25) is 18.6 Å². The molecule has 2 aliphatic heterocycles. The third-order valence-corrected chi connectivity index (χ3v) is 4.55. The Morgan fingerprint density at radius 1 is 1.12 bits per heavy atom. The van der Waals surface area contributed by atoms with Gasteiger partial charge in [0, 0.05) is 38.2 Å². The van der Waals surface area contributed by atoms with Gasteiger partial charge >= 0.3 is 0 Å². The Morgan fingerprint density at radius 3 is 2.48 bits per heavy atom. The molecule has 0 spiro atoms. The van der Waals surface area contributed by atoms with Crippen LogP contribution in [0.3, 0.4) is 0 Å². The van der Waals surface area contributed by atoms with Crippen LogP contribution in [0, 0.1) is 5.92 Å². The lowest BCUT2D eigenvalue weighted by Crippen LogP contribution is -2.51. The molecule has 0 N–H and O–H groups in total. The monoisotopic (exact) mass is 364 g/mol. The summed E-state index contributed by atoms with van der Waals surface area (Å²) in [5, 5.41) is 0.461. The maximum atomic E-state index is 12.3. The van der Waals surface area contributed by atoms with Gasteiger partial charge in [0.1, 0.15) is 0 Å². The van der Waals surface area contributed by atoms with Crippen LogP contribution < -0.4 is 9.47 Å². The van der Waals surface area contributed by atoms with Crippen molar-refractivity contribution in [3.8, 4) is 11.5 Å². The fourth-order valence-electron chi connectivity index (χ4n) is 2.87. The molecular formula is C18H21ClN2O4. The Kier molecular flexibility index (Phi) is 5.18. The predicted molar refractivity (Wildman–Crippen MR) is 94.6 cm³/mol. The quantitative estimate of drug-likeness (QED) is 0.773. The van der Waals surface area contributed by atoms with Gasteiger partial charge in [-0.15, -0.1) is 0 Å². The minimum absolute atomic E-state index is 0.0158. The molecule has 25 heavy (non-hydrogen) atoms. The maximum Gasteiger partial charge on any atom is 0.246 e. The van der Waals surface area contributed by atoms with Crippen LogP contribution in [0.2, 0.25) is 5.02 Å². The first-order valence-electron chi connectivity index (χ1n) is 8.30. The molecule has 0 atom stereocenters. The van der Waals surface area contributed by atoms with Crippen LogP contribution in [0.25, 0.3) is 6.08 Å². The molecule has 0 bridgehead atoms. The topological polar surface area (TPSA) is 59.1 Å². The van der Waals surface area contributed by atoms with Gasteiger partial charge in [-0.05, 0) is 23.8 Å². The number of ether oxygens (including phenoxy) is 2. The van der Waals surface area contributed by atoms with Crippen molar-refractivity contribution in [2.45, 2.75) is 13.8 Å². The van der Waals surface area contributed by atoms with E-state index in [2.05, 4.69) is 0 Å². The first-order valence-corrected chi connectivity index (χ1v) is 8.68. The first kappa shape index (κ1) is 17.6. The van der Waals surface area contributed by atoms with Crippen molar-refractivity contribution in [3.63, 3.8) is 0 Å². The number of nitrogens with zero attached hydrogens (tertiary/aromatic N) is 2. The summed E-state index contributed by atoms with van der Waals surface area (Å²) in [6, 6.07) is 3.52. The zero-order chi connectivity index (χ0) is 18.0. The zero-order valence-corrected chi connectivity index (χ0v) is 15.1. The molecule has 1 saturated heterocycles. The lowest BCUT2D eigenvalue weighted by atomic mass is 10.1. The lowest BCUT2D eigenvalue weighted by Gasteiger charge is -2.35. The average molecular weight is 365 g/mol. The van der Waals surface area contributed by atoms with E-state index < -0.39 is 0 Å². The van der Waals surface area contributed by atoms with Crippen molar-refractivity contribution in [1.29, 1.82) is 0 Å². The third-order valence-electron chi connectivity index (χ3n) is 4.26. The Bertz CT molecular complexity index is 709. The second kappa shape index (κ2) is 7.35. The summed E-state index contributed by atoms with van der Waals surface area (Å²) in [4.78, 5) is 27.9. The first-order chi connectivity index (χ1) is 12.0. The van der Waals surface area contributed by atoms with Crippen LogP contribution in [0.15, 0.2) is 18.2 Å². The number of carbonyl (C=O) groups is 2. The molecular weight excluding hydrogens is 344 g/mol. The summed E-state index contributed by atoms with van der Waals surface area (Å²) in [6.07, 6.45) is 3.23. The zero-order valence-electron chi connectivity index (χ0n) is 14.3. The Morgan fingerprint density at radius 2 is 1.80 bits per heavy atom. The van der Waals surface area contributed by atoms with E-state index in [1.54, 1.807) is 23.1 Å². The van der Waals surface area contributed by atoms with Gasteiger partial charge in [-0.1, -0.05) is 25.4 Å². The summed E-state index contributed by atoms with van der Waals surface area (Å²) in [5.74, 6) is 1.16. The summed E-state index contributed by atoms with van der Waals surface area (Å²) in [6.45, 7) is 6.17. The van der Waals surface area contributed by atoms with Crippen molar-refractivity contribution >= 4 is 29.5 Å². The molecule has 1 aromatic carbocycles. The minimum atomic E-state index is -0.0783. The maximum absolute atomic E-state index is 12.3. The number of hydrogen-bond acceptors (Lipinski definition) is 4. The standard InChI is InChI=1S/C18H21ClN2O4/c1-12(2)18(23)21-7-5-20(6-8-21)16(22)4-3-13-9-14(19)17-15(10-13)24-11-25-17/h3-4,9-10,12H,5-8,11H2,1-2H3/b4-3+. The minimum Gasteiger partial charge on any atom is -0.454 e. The normalized spacial score (nSPS) is 16.8. The Balaban J connectivity index is 1.59. The smallest absolute Gasteiger partial charge is 0.246 e. The van der Waals surface area contributed by atoms with Crippen molar-refractivity contribution < 1.29 is 19.1 Å². The highest BCUT2D eigenvalue weighted by atomic mass is 35.5. The van der Waals surface area contributed by atoms with Gasteiger partial charge in [-0.2, -0.15) is 0 Å². The lowest BCUT2D eigenvalue weighted by molar-refractivity contribution is -0.139. The van der Waals surface area contributed by atoms with Gasteiger partial charge < -0.3 is 19.3 Å². The van der Waals surface area contributed by atoms with E-state index in [4.69, 9.17) is 21.1 Å². The molecule has 2 heterocycles. The van der Waals surface area contributed by atoms with Gasteiger partial charge in [0.25, 0.3) is 0 Å². The molecule has 0 radical (unpaired) electrons. The van der Waals surface area contributed by atoms with Crippen molar-refractivity contribution in [2.24, 2.45) is 5.92 Å². The highest BCUT2D eigenvalue weighted by Crippen LogP contribution is 2.40. The van der Waals surface area contributed by atoms with Gasteiger partial charge in [0.05, 0.1) is 5.02 Å². The molecule has 2 amide bonds. The molecule has 0 aromatic heterocycles. The molecule has 0 saturated carbocycles. The third kappa shape index (κ3) is 3.90.